The van der Waals surface area contributed by atoms with Gasteiger partial charge in [0.25, 0.3) is 5.91 Å². The fourth-order valence-corrected chi connectivity index (χ4v) is 4.08. The number of amides is 1. The number of aryl methyl sites for hydroxylation is 1. The normalized spacial score (nSPS) is 17.4. The number of likely N-dealkylation sites (N-methyl/N-ethyl adjacent to an activating group) is 1. The largest absolute Gasteiger partial charge is 0.454 e. The third kappa shape index (κ3) is 5.08. The van der Waals surface area contributed by atoms with Crippen LogP contribution in [0.4, 0.5) is 0 Å². The summed E-state index contributed by atoms with van der Waals surface area (Å²) >= 11 is 0. The fourth-order valence-electron chi connectivity index (χ4n) is 4.08. The molecule has 0 aromatic heterocycles. The number of hydrogen-bond donors (Lipinski definition) is 2. The van der Waals surface area contributed by atoms with Gasteiger partial charge in [-0.1, -0.05) is 29.8 Å². The van der Waals surface area contributed by atoms with Gasteiger partial charge >= 0.3 is 0 Å². The zero-order chi connectivity index (χ0) is 20.2. The molecule has 0 spiro atoms. The van der Waals surface area contributed by atoms with Crippen LogP contribution in [0.25, 0.3) is 0 Å². The molecule has 0 saturated carbocycles. The minimum Gasteiger partial charge on any atom is -0.454 e. The minimum absolute atomic E-state index is 0.261. The number of rotatable bonds is 6. The molecule has 1 fully saturated rings. The molecular weight excluding hydrogens is 366 g/mol. The summed E-state index contributed by atoms with van der Waals surface area (Å²) in [5.74, 6) is 1.93. The summed E-state index contributed by atoms with van der Waals surface area (Å²) < 4.78 is 10.9. The first-order valence-electron chi connectivity index (χ1n) is 10.4. The molecule has 2 heterocycles. The van der Waals surface area contributed by atoms with Crippen molar-refractivity contribution in [2.45, 2.75) is 20.0 Å². The molecule has 1 atom stereocenters. The Bertz CT molecular complexity index is 845. The maximum Gasteiger partial charge on any atom is 0.278 e. The van der Waals surface area contributed by atoms with E-state index in [4.69, 9.17) is 9.47 Å². The summed E-state index contributed by atoms with van der Waals surface area (Å²) in [5, 5.41) is 0. The zero-order valence-electron chi connectivity index (χ0n) is 17.4. The van der Waals surface area contributed by atoms with Gasteiger partial charge in [-0.2, -0.15) is 0 Å². The van der Waals surface area contributed by atoms with E-state index in [-0.39, 0.29) is 5.91 Å². The predicted octanol–water partition coefficient (Wildman–Crippen LogP) is -0.334. The summed E-state index contributed by atoms with van der Waals surface area (Å²) in [4.78, 5) is 17.5. The van der Waals surface area contributed by atoms with E-state index in [9.17, 15) is 4.79 Å². The van der Waals surface area contributed by atoms with E-state index in [0.29, 0.717) is 13.3 Å². The number of piperazine rings is 1. The monoisotopic (exact) mass is 397 g/mol. The van der Waals surface area contributed by atoms with E-state index >= 15 is 0 Å². The highest BCUT2D eigenvalue weighted by atomic mass is 16.7. The van der Waals surface area contributed by atoms with Crippen molar-refractivity contribution in [2.24, 2.45) is 0 Å². The van der Waals surface area contributed by atoms with Crippen molar-refractivity contribution in [1.82, 2.24) is 4.90 Å². The fraction of sp³-hybridized carbons (Fsp3) is 0.435. The Hall–Kier alpha value is -2.57. The first-order valence-corrected chi connectivity index (χ1v) is 10.4. The third-order valence-corrected chi connectivity index (χ3v) is 5.79. The van der Waals surface area contributed by atoms with Crippen molar-refractivity contribution in [3.8, 4) is 11.5 Å². The summed E-state index contributed by atoms with van der Waals surface area (Å²) in [5.41, 5.74) is 3.80. The van der Waals surface area contributed by atoms with Crippen LogP contribution >= 0.6 is 0 Å². The van der Waals surface area contributed by atoms with Gasteiger partial charge in [-0.05, 0) is 25.1 Å². The SMILES string of the molecule is Cc1ccc(C[NH+](C)CC(=O)N2CC[NH+](Cc3ccc4c(c3)OCO4)CC2)cc1. The lowest BCUT2D eigenvalue weighted by Crippen LogP contribution is -3.14. The lowest BCUT2D eigenvalue weighted by atomic mass is 10.1. The molecule has 0 bridgehead atoms. The number of fused-ring (bicyclic) bond motifs is 1. The number of ether oxygens (including phenoxy) is 2. The van der Waals surface area contributed by atoms with Crippen molar-refractivity contribution in [1.29, 1.82) is 0 Å². The molecule has 29 heavy (non-hydrogen) atoms. The Morgan fingerprint density at radius 3 is 2.48 bits per heavy atom. The van der Waals surface area contributed by atoms with Crippen LogP contribution in [-0.2, 0) is 17.9 Å². The lowest BCUT2D eigenvalue weighted by Gasteiger charge is -2.32. The predicted molar refractivity (Wildman–Crippen MR) is 110 cm³/mol. The van der Waals surface area contributed by atoms with Crippen molar-refractivity contribution >= 4 is 5.91 Å². The van der Waals surface area contributed by atoms with Crippen LogP contribution in [-0.4, -0.2) is 57.4 Å². The molecule has 154 valence electrons. The Balaban J connectivity index is 1.22. The summed E-state index contributed by atoms with van der Waals surface area (Å²) in [6, 6.07) is 14.8. The molecule has 2 aromatic rings. The van der Waals surface area contributed by atoms with Gasteiger partial charge < -0.3 is 24.2 Å². The highest BCUT2D eigenvalue weighted by Crippen LogP contribution is 2.32. The maximum absolute atomic E-state index is 12.7. The number of carbonyl (C=O) groups is 1. The van der Waals surface area contributed by atoms with Gasteiger partial charge in [0, 0.05) is 11.1 Å². The molecule has 2 aromatic carbocycles. The molecule has 1 saturated heterocycles. The van der Waals surface area contributed by atoms with Gasteiger partial charge in [0.05, 0.1) is 33.2 Å². The maximum atomic E-state index is 12.7. The van der Waals surface area contributed by atoms with Crippen LogP contribution in [0.3, 0.4) is 0 Å². The standard InChI is InChI=1S/C23H29N3O3/c1-18-3-5-19(6-4-18)14-24(2)16-23(27)26-11-9-25(10-12-26)15-20-7-8-21-22(13-20)29-17-28-21/h3-8,13H,9-12,14-17H2,1-2H3/p+2. The van der Waals surface area contributed by atoms with E-state index in [1.165, 1.54) is 26.5 Å². The molecule has 2 aliphatic heterocycles. The number of nitrogens with zero attached hydrogens (tertiary/aromatic N) is 1. The molecule has 2 aliphatic rings. The summed E-state index contributed by atoms with van der Waals surface area (Å²) in [7, 11) is 2.10. The van der Waals surface area contributed by atoms with Crippen LogP contribution < -0.4 is 19.3 Å². The second-order valence-electron chi connectivity index (χ2n) is 8.29. The van der Waals surface area contributed by atoms with E-state index in [0.717, 1.165) is 50.8 Å². The van der Waals surface area contributed by atoms with Crippen molar-refractivity contribution < 1.29 is 24.1 Å². The van der Waals surface area contributed by atoms with Gasteiger partial charge in [-0.15, -0.1) is 0 Å². The van der Waals surface area contributed by atoms with E-state index in [1.54, 1.807) is 0 Å². The quantitative estimate of drug-likeness (QED) is 0.702. The smallest absolute Gasteiger partial charge is 0.278 e. The van der Waals surface area contributed by atoms with Gasteiger partial charge in [0.2, 0.25) is 6.79 Å². The van der Waals surface area contributed by atoms with E-state index in [2.05, 4.69) is 50.4 Å². The molecule has 6 nitrogen and oxygen atoms in total. The number of quaternary nitrogens is 2. The van der Waals surface area contributed by atoms with E-state index in [1.807, 2.05) is 11.0 Å². The minimum atomic E-state index is 0.261. The van der Waals surface area contributed by atoms with Crippen LogP contribution in [0.1, 0.15) is 16.7 Å². The zero-order valence-corrected chi connectivity index (χ0v) is 17.4. The van der Waals surface area contributed by atoms with Gasteiger partial charge in [-0.25, -0.2) is 0 Å². The Morgan fingerprint density at radius 1 is 1.03 bits per heavy atom. The number of carbonyl (C=O) groups excluding carboxylic acids is 1. The molecular formula is C23H31N3O3+2. The summed E-state index contributed by atoms with van der Waals surface area (Å²) in [6.45, 7) is 8.41. The Kier molecular flexibility index (Phi) is 6.02. The molecule has 1 amide bonds. The van der Waals surface area contributed by atoms with Crippen molar-refractivity contribution in [3.63, 3.8) is 0 Å². The van der Waals surface area contributed by atoms with Crippen molar-refractivity contribution in [2.75, 3.05) is 46.6 Å². The molecule has 4 rings (SSSR count). The van der Waals surface area contributed by atoms with Gasteiger partial charge in [0.15, 0.2) is 18.0 Å². The first-order chi connectivity index (χ1) is 14.1. The number of hydrogen-bond acceptors (Lipinski definition) is 3. The number of benzene rings is 2. The van der Waals surface area contributed by atoms with Crippen LogP contribution in [0, 0.1) is 6.92 Å². The average molecular weight is 398 g/mol. The molecule has 0 aliphatic carbocycles. The topological polar surface area (TPSA) is 47.7 Å². The van der Waals surface area contributed by atoms with Crippen LogP contribution in [0.2, 0.25) is 0 Å². The second kappa shape index (κ2) is 8.84. The highest BCUT2D eigenvalue weighted by Gasteiger charge is 2.26. The van der Waals surface area contributed by atoms with Gasteiger partial charge in [0.1, 0.15) is 13.1 Å². The Morgan fingerprint density at radius 2 is 1.72 bits per heavy atom. The Labute approximate surface area is 172 Å². The van der Waals surface area contributed by atoms with Crippen LogP contribution in [0.5, 0.6) is 11.5 Å². The van der Waals surface area contributed by atoms with Crippen molar-refractivity contribution in [3.05, 3.63) is 59.2 Å². The molecule has 0 radical (unpaired) electrons. The summed E-state index contributed by atoms with van der Waals surface area (Å²) in [6.07, 6.45) is 0. The van der Waals surface area contributed by atoms with Crippen LogP contribution in [0.15, 0.2) is 42.5 Å². The highest BCUT2D eigenvalue weighted by molar-refractivity contribution is 5.77. The molecule has 2 N–H and O–H groups in total. The molecule has 6 heteroatoms. The third-order valence-electron chi connectivity index (χ3n) is 5.79. The molecule has 1 unspecified atom stereocenters. The van der Waals surface area contributed by atoms with E-state index < -0.39 is 0 Å². The first kappa shape index (κ1) is 19.7. The van der Waals surface area contributed by atoms with Gasteiger partial charge in [-0.3, -0.25) is 4.79 Å². The second-order valence-corrected chi connectivity index (χ2v) is 8.29. The average Bonchev–Trinajstić information content (AvgIpc) is 3.18. The lowest BCUT2D eigenvalue weighted by molar-refractivity contribution is -0.918. The number of nitrogens with one attached hydrogen (secondary N) is 2.